The summed E-state index contributed by atoms with van der Waals surface area (Å²) < 4.78 is 2.13. The Kier molecular flexibility index (Phi) is 4.99. The van der Waals surface area contributed by atoms with E-state index in [0.29, 0.717) is 6.42 Å². The van der Waals surface area contributed by atoms with Crippen LogP contribution in [0.5, 0.6) is 0 Å². The number of para-hydroxylation sites is 2. The van der Waals surface area contributed by atoms with Gasteiger partial charge in [-0.25, -0.2) is 0 Å². The minimum Gasteiger partial charge on any atom is -0.346 e. The second-order valence-electron chi connectivity index (χ2n) is 6.36. The number of nitrogens with zero attached hydrogens (tertiary/aromatic N) is 1. The maximum atomic E-state index is 12.7. The van der Waals surface area contributed by atoms with E-state index in [1.807, 2.05) is 67.7 Å². The largest absolute Gasteiger partial charge is 0.346 e. The Morgan fingerprint density at radius 3 is 2.26 bits per heavy atom. The Labute approximate surface area is 163 Å². The van der Waals surface area contributed by atoms with Crippen LogP contribution in [0.2, 0.25) is 0 Å². The smallest absolute Gasteiger partial charge is 0.230 e. The number of amides is 1. The van der Waals surface area contributed by atoms with E-state index in [1.54, 1.807) is 11.8 Å². The SMILES string of the molecule is Cn1c(CC(=O)Nc2ccccc2)c(Sc2ccccc2)c2ccccc21. The molecule has 0 saturated heterocycles. The highest BCUT2D eigenvalue weighted by molar-refractivity contribution is 7.99. The number of hydrogen-bond donors (Lipinski definition) is 1. The highest BCUT2D eigenvalue weighted by Crippen LogP contribution is 2.38. The van der Waals surface area contributed by atoms with E-state index in [9.17, 15) is 4.79 Å². The van der Waals surface area contributed by atoms with Crippen molar-refractivity contribution in [1.29, 1.82) is 0 Å². The minimum absolute atomic E-state index is 0.0120. The average Bonchev–Trinajstić information content (AvgIpc) is 2.96. The number of aryl methyl sites for hydroxylation is 1. The van der Waals surface area contributed by atoms with Gasteiger partial charge < -0.3 is 9.88 Å². The first-order valence-corrected chi connectivity index (χ1v) is 9.68. The van der Waals surface area contributed by atoms with Crippen molar-refractivity contribution in [2.45, 2.75) is 16.2 Å². The number of carbonyl (C=O) groups excluding carboxylic acids is 1. The standard InChI is InChI=1S/C23H20N2OS/c1-25-20-15-9-8-14-19(20)23(27-18-12-6-3-7-13-18)21(25)16-22(26)24-17-10-4-2-5-11-17/h2-15H,16H2,1H3,(H,24,26). The second kappa shape index (κ2) is 7.72. The van der Waals surface area contributed by atoms with Crippen molar-refractivity contribution in [3.63, 3.8) is 0 Å². The summed E-state index contributed by atoms with van der Waals surface area (Å²) in [6.45, 7) is 0. The molecule has 0 spiro atoms. The third-order valence-corrected chi connectivity index (χ3v) is 5.69. The Bertz CT molecular complexity index is 1070. The van der Waals surface area contributed by atoms with E-state index < -0.39 is 0 Å². The molecule has 1 heterocycles. The summed E-state index contributed by atoms with van der Waals surface area (Å²) in [4.78, 5) is 15.0. The van der Waals surface area contributed by atoms with E-state index in [1.165, 1.54) is 10.3 Å². The molecule has 3 nitrogen and oxygen atoms in total. The van der Waals surface area contributed by atoms with Crippen LogP contribution >= 0.6 is 11.8 Å². The molecule has 0 radical (unpaired) electrons. The van der Waals surface area contributed by atoms with Crippen LogP contribution in [0.3, 0.4) is 0 Å². The highest BCUT2D eigenvalue weighted by atomic mass is 32.2. The van der Waals surface area contributed by atoms with Crippen molar-refractivity contribution < 1.29 is 4.79 Å². The van der Waals surface area contributed by atoms with Gasteiger partial charge in [0.05, 0.1) is 6.42 Å². The van der Waals surface area contributed by atoms with E-state index in [2.05, 4.69) is 34.1 Å². The lowest BCUT2D eigenvalue weighted by atomic mass is 10.2. The van der Waals surface area contributed by atoms with Gasteiger partial charge in [-0.15, -0.1) is 0 Å². The van der Waals surface area contributed by atoms with E-state index in [0.717, 1.165) is 21.8 Å². The predicted octanol–water partition coefficient (Wildman–Crippen LogP) is 5.51. The maximum Gasteiger partial charge on any atom is 0.230 e. The van der Waals surface area contributed by atoms with Gasteiger partial charge in [-0.1, -0.05) is 66.4 Å². The Hall–Kier alpha value is -2.98. The molecule has 3 aromatic carbocycles. The number of anilines is 1. The molecule has 0 aliphatic carbocycles. The molecule has 0 bridgehead atoms. The van der Waals surface area contributed by atoms with Crippen LogP contribution in [0.1, 0.15) is 5.69 Å². The molecule has 0 atom stereocenters. The van der Waals surface area contributed by atoms with Gasteiger partial charge in [-0.05, 0) is 30.3 Å². The molecule has 4 heteroatoms. The van der Waals surface area contributed by atoms with E-state index in [4.69, 9.17) is 0 Å². The van der Waals surface area contributed by atoms with E-state index >= 15 is 0 Å². The van der Waals surface area contributed by atoms with Gasteiger partial charge in [-0.2, -0.15) is 0 Å². The second-order valence-corrected chi connectivity index (χ2v) is 7.44. The zero-order valence-electron chi connectivity index (χ0n) is 15.1. The molecule has 1 aromatic heterocycles. The summed E-state index contributed by atoms with van der Waals surface area (Å²) in [6, 6.07) is 28.2. The number of benzene rings is 3. The summed E-state index contributed by atoms with van der Waals surface area (Å²) in [5.41, 5.74) is 2.98. The minimum atomic E-state index is -0.0120. The van der Waals surface area contributed by atoms with Gasteiger partial charge >= 0.3 is 0 Å². The van der Waals surface area contributed by atoms with Crippen molar-refractivity contribution in [3.05, 3.63) is 90.6 Å². The van der Waals surface area contributed by atoms with Gasteiger partial charge in [0.15, 0.2) is 0 Å². The van der Waals surface area contributed by atoms with Crippen LogP contribution in [0.4, 0.5) is 5.69 Å². The quantitative estimate of drug-likeness (QED) is 0.501. The molecule has 4 aromatic rings. The topological polar surface area (TPSA) is 34.0 Å². The monoisotopic (exact) mass is 372 g/mol. The number of hydrogen-bond acceptors (Lipinski definition) is 2. The van der Waals surface area contributed by atoms with Crippen molar-refractivity contribution in [1.82, 2.24) is 4.57 Å². The maximum absolute atomic E-state index is 12.7. The van der Waals surface area contributed by atoms with Crippen molar-refractivity contribution >= 4 is 34.3 Å². The van der Waals surface area contributed by atoms with Gasteiger partial charge in [0.2, 0.25) is 5.91 Å². The molecule has 27 heavy (non-hydrogen) atoms. The van der Waals surface area contributed by atoms with Crippen LogP contribution in [-0.2, 0) is 18.3 Å². The third kappa shape index (κ3) is 3.76. The Morgan fingerprint density at radius 2 is 1.52 bits per heavy atom. The molecule has 1 amide bonds. The van der Waals surface area contributed by atoms with Gasteiger partial charge in [-0.3, -0.25) is 4.79 Å². The molecule has 1 N–H and O–H groups in total. The summed E-state index contributed by atoms with van der Waals surface area (Å²) >= 11 is 1.71. The van der Waals surface area contributed by atoms with Crippen LogP contribution in [-0.4, -0.2) is 10.5 Å². The fourth-order valence-corrected chi connectivity index (χ4v) is 4.35. The van der Waals surface area contributed by atoms with Crippen molar-refractivity contribution in [3.8, 4) is 0 Å². The zero-order valence-corrected chi connectivity index (χ0v) is 15.9. The molecular weight excluding hydrogens is 352 g/mol. The molecule has 0 unspecified atom stereocenters. The summed E-state index contributed by atoms with van der Waals surface area (Å²) in [7, 11) is 2.03. The molecule has 0 saturated carbocycles. The highest BCUT2D eigenvalue weighted by Gasteiger charge is 2.18. The summed E-state index contributed by atoms with van der Waals surface area (Å²) in [5.74, 6) is -0.0120. The molecular formula is C23H20N2OS. The van der Waals surface area contributed by atoms with Crippen LogP contribution in [0.15, 0.2) is 94.7 Å². The number of nitrogens with one attached hydrogen (secondary N) is 1. The molecule has 0 aliphatic heterocycles. The molecule has 0 aliphatic rings. The fourth-order valence-electron chi connectivity index (χ4n) is 3.21. The summed E-state index contributed by atoms with van der Waals surface area (Å²) in [5, 5.41) is 4.17. The first kappa shape index (κ1) is 17.4. The molecule has 0 fully saturated rings. The van der Waals surface area contributed by atoms with Gasteiger partial charge in [0.1, 0.15) is 0 Å². The lowest BCUT2D eigenvalue weighted by molar-refractivity contribution is -0.115. The van der Waals surface area contributed by atoms with Crippen molar-refractivity contribution in [2.75, 3.05) is 5.32 Å². The van der Waals surface area contributed by atoms with Crippen LogP contribution in [0.25, 0.3) is 10.9 Å². The Balaban J connectivity index is 1.69. The van der Waals surface area contributed by atoms with Crippen LogP contribution < -0.4 is 5.32 Å². The third-order valence-electron chi connectivity index (χ3n) is 4.53. The Morgan fingerprint density at radius 1 is 0.889 bits per heavy atom. The van der Waals surface area contributed by atoms with Gasteiger partial charge in [0, 0.05) is 39.1 Å². The van der Waals surface area contributed by atoms with Crippen molar-refractivity contribution in [2.24, 2.45) is 7.05 Å². The van der Waals surface area contributed by atoms with Crippen LogP contribution in [0, 0.1) is 0 Å². The summed E-state index contributed by atoms with van der Waals surface area (Å²) in [6.07, 6.45) is 0.329. The lowest BCUT2D eigenvalue weighted by Crippen LogP contribution is -2.16. The average molecular weight is 372 g/mol. The van der Waals surface area contributed by atoms with E-state index in [-0.39, 0.29) is 5.91 Å². The number of fused-ring (bicyclic) bond motifs is 1. The fraction of sp³-hybridized carbons (Fsp3) is 0.0870. The molecule has 4 rings (SSSR count). The first-order chi connectivity index (χ1) is 13.2. The lowest BCUT2D eigenvalue weighted by Gasteiger charge is -2.09. The predicted molar refractivity (Wildman–Crippen MR) is 112 cm³/mol. The number of rotatable bonds is 5. The molecule has 134 valence electrons. The normalized spacial score (nSPS) is 10.9. The number of aromatic nitrogens is 1. The van der Waals surface area contributed by atoms with Gasteiger partial charge in [0.25, 0.3) is 0 Å². The zero-order chi connectivity index (χ0) is 18.6. The number of carbonyl (C=O) groups is 1. The first-order valence-electron chi connectivity index (χ1n) is 8.86.